The summed E-state index contributed by atoms with van der Waals surface area (Å²) in [5, 5.41) is 13.2. The molecule has 0 aliphatic rings. The predicted molar refractivity (Wildman–Crippen MR) is 65.6 cm³/mol. The van der Waals surface area contributed by atoms with E-state index in [-0.39, 0.29) is 12.3 Å². The first-order valence-corrected chi connectivity index (χ1v) is 5.89. The Morgan fingerprint density at radius 3 is 2.76 bits per heavy atom. The average molecular weight is 243 g/mol. The van der Waals surface area contributed by atoms with Crippen LogP contribution in [0.5, 0.6) is 0 Å². The lowest BCUT2D eigenvalue weighted by Crippen LogP contribution is -2.14. The van der Waals surface area contributed by atoms with Gasteiger partial charge < -0.3 is 5.32 Å². The minimum atomic E-state index is -0.111. The number of aromatic nitrogens is 1. The Labute approximate surface area is 103 Å². The zero-order valence-corrected chi connectivity index (χ0v) is 9.70. The molecule has 2 rings (SSSR count). The molecule has 0 saturated heterocycles. The topological polar surface area (TPSA) is 65.8 Å². The molecule has 4 nitrogen and oxygen atoms in total. The maximum atomic E-state index is 11.6. The smallest absolute Gasteiger partial charge is 0.230 e. The van der Waals surface area contributed by atoms with Crippen molar-refractivity contribution in [3.63, 3.8) is 0 Å². The summed E-state index contributed by atoms with van der Waals surface area (Å²) < 4.78 is 0. The van der Waals surface area contributed by atoms with Gasteiger partial charge >= 0.3 is 0 Å². The minimum absolute atomic E-state index is 0.111. The Balaban J connectivity index is 1.96. The zero-order valence-electron chi connectivity index (χ0n) is 8.88. The number of hydrogen-bond acceptors (Lipinski definition) is 4. The largest absolute Gasteiger partial charge is 0.326 e. The molecule has 84 valence electrons. The van der Waals surface area contributed by atoms with Gasteiger partial charge in [0, 0.05) is 11.1 Å². The van der Waals surface area contributed by atoms with Gasteiger partial charge in [-0.1, -0.05) is 0 Å². The Kier molecular flexibility index (Phi) is 3.48. The molecule has 0 bridgehead atoms. The summed E-state index contributed by atoms with van der Waals surface area (Å²) in [5.41, 5.74) is 3.72. The van der Waals surface area contributed by atoms with E-state index in [2.05, 4.69) is 10.3 Å². The highest BCUT2D eigenvalue weighted by molar-refractivity contribution is 7.07. The van der Waals surface area contributed by atoms with Gasteiger partial charge in [0.2, 0.25) is 5.91 Å². The van der Waals surface area contributed by atoms with Crippen molar-refractivity contribution in [2.24, 2.45) is 0 Å². The van der Waals surface area contributed by atoms with Crippen LogP contribution in [0.15, 0.2) is 35.2 Å². The molecule has 2 aromatic rings. The fourth-order valence-corrected chi connectivity index (χ4v) is 1.88. The van der Waals surface area contributed by atoms with Gasteiger partial charge in [-0.25, -0.2) is 4.98 Å². The highest BCUT2D eigenvalue weighted by Crippen LogP contribution is 2.10. The van der Waals surface area contributed by atoms with E-state index < -0.39 is 0 Å². The first-order chi connectivity index (χ1) is 8.28. The van der Waals surface area contributed by atoms with Crippen molar-refractivity contribution < 1.29 is 4.79 Å². The molecule has 0 spiro atoms. The fraction of sp³-hybridized carbons (Fsp3) is 0.0833. The van der Waals surface area contributed by atoms with Crippen molar-refractivity contribution in [2.75, 3.05) is 5.32 Å². The first kappa shape index (κ1) is 11.3. The maximum Gasteiger partial charge on any atom is 0.230 e. The number of hydrogen-bond donors (Lipinski definition) is 1. The molecule has 0 radical (unpaired) electrons. The van der Waals surface area contributed by atoms with Crippen molar-refractivity contribution >= 4 is 22.9 Å². The van der Waals surface area contributed by atoms with Gasteiger partial charge in [0.1, 0.15) is 0 Å². The van der Waals surface area contributed by atoms with E-state index in [9.17, 15) is 4.79 Å². The lowest BCUT2D eigenvalue weighted by Gasteiger charge is -2.03. The number of thiazole rings is 1. The van der Waals surface area contributed by atoms with Gasteiger partial charge in [0.15, 0.2) is 0 Å². The fourth-order valence-electron chi connectivity index (χ4n) is 1.32. The number of rotatable bonds is 3. The summed E-state index contributed by atoms with van der Waals surface area (Å²) in [5.74, 6) is -0.111. The SMILES string of the molecule is N#Cc1ccc(NC(=O)Cc2cscn2)cc1. The molecule has 0 atom stereocenters. The molecule has 1 aromatic heterocycles. The van der Waals surface area contributed by atoms with E-state index in [4.69, 9.17) is 5.26 Å². The van der Waals surface area contributed by atoms with Crippen molar-refractivity contribution in [1.29, 1.82) is 5.26 Å². The molecule has 5 heteroatoms. The van der Waals surface area contributed by atoms with Crippen LogP contribution in [0.2, 0.25) is 0 Å². The van der Waals surface area contributed by atoms with Crippen LogP contribution in [0.3, 0.4) is 0 Å². The van der Waals surface area contributed by atoms with E-state index in [1.54, 1.807) is 29.8 Å². The summed E-state index contributed by atoms with van der Waals surface area (Å²) >= 11 is 1.47. The lowest BCUT2D eigenvalue weighted by molar-refractivity contribution is -0.115. The molecule has 17 heavy (non-hydrogen) atoms. The van der Waals surface area contributed by atoms with Crippen molar-refractivity contribution in [3.05, 3.63) is 46.4 Å². The Morgan fingerprint density at radius 1 is 1.41 bits per heavy atom. The number of nitrogens with zero attached hydrogens (tertiary/aromatic N) is 2. The summed E-state index contributed by atoms with van der Waals surface area (Å²) in [7, 11) is 0. The van der Waals surface area contributed by atoms with Gasteiger partial charge in [-0.05, 0) is 24.3 Å². The highest BCUT2D eigenvalue weighted by Gasteiger charge is 2.05. The number of benzene rings is 1. The molecule has 0 aliphatic carbocycles. The number of nitrogens with one attached hydrogen (secondary N) is 1. The third kappa shape index (κ3) is 3.13. The number of anilines is 1. The van der Waals surface area contributed by atoms with Crippen LogP contribution in [-0.4, -0.2) is 10.9 Å². The van der Waals surface area contributed by atoms with Gasteiger partial charge in [0.25, 0.3) is 0 Å². The van der Waals surface area contributed by atoms with E-state index in [0.717, 1.165) is 5.69 Å². The van der Waals surface area contributed by atoms with Crippen molar-refractivity contribution in [3.8, 4) is 6.07 Å². The van der Waals surface area contributed by atoms with Gasteiger partial charge in [-0.2, -0.15) is 5.26 Å². The molecule has 1 heterocycles. The maximum absolute atomic E-state index is 11.6. The standard InChI is InChI=1S/C12H9N3OS/c13-6-9-1-3-10(4-2-9)15-12(16)5-11-7-17-8-14-11/h1-4,7-8H,5H2,(H,15,16). The van der Waals surface area contributed by atoms with Crippen LogP contribution in [-0.2, 0) is 11.2 Å². The monoisotopic (exact) mass is 243 g/mol. The highest BCUT2D eigenvalue weighted by atomic mass is 32.1. The number of carbonyl (C=O) groups excluding carboxylic acids is 1. The molecule has 1 N–H and O–H groups in total. The predicted octanol–water partition coefficient (Wildman–Crippen LogP) is 2.20. The molecule has 1 amide bonds. The van der Waals surface area contributed by atoms with E-state index in [0.29, 0.717) is 11.3 Å². The van der Waals surface area contributed by atoms with Gasteiger partial charge in [-0.3, -0.25) is 4.79 Å². The second kappa shape index (κ2) is 5.23. The third-order valence-corrected chi connectivity index (χ3v) is 2.76. The molecule has 0 unspecified atom stereocenters. The molecule has 0 aliphatic heterocycles. The summed E-state index contributed by atoms with van der Waals surface area (Å²) in [6.45, 7) is 0. The molecular formula is C12H9N3OS. The molecule has 1 aromatic carbocycles. The van der Waals surface area contributed by atoms with Crippen LogP contribution < -0.4 is 5.32 Å². The minimum Gasteiger partial charge on any atom is -0.326 e. The zero-order chi connectivity index (χ0) is 12.1. The van der Waals surface area contributed by atoms with Crippen LogP contribution in [0.4, 0.5) is 5.69 Å². The van der Waals surface area contributed by atoms with Crippen LogP contribution in [0.25, 0.3) is 0 Å². The number of carbonyl (C=O) groups is 1. The van der Waals surface area contributed by atoms with Gasteiger partial charge in [-0.15, -0.1) is 11.3 Å². The summed E-state index contributed by atoms with van der Waals surface area (Å²) in [4.78, 5) is 15.7. The number of nitriles is 1. The van der Waals surface area contributed by atoms with E-state index in [1.165, 1.54) is 11.3 Å². The first-order valence-electron chi connectivity index (χ1n) is 4.95. The normalized spacial score (nSPS) is 9.59. The number of amides is 1. The van der Waals surface area contributed by atoms with Crippen molar-refractivity contribution in [2.45, 2.75) is 6.42 Å². The Hall–Kier alpha value is -2.19. The third-order valence-electron chi connectivity index (χ3n) is 2.12. The average Bonchev–Trinajstić information content (AvgIpc) is 2.82. The van der Waals surface area contributed by atoms with E-state index >= 15 is 0 Å². The molecule has 0 saturated carbocycles. The Bertz CT molecular complexity index is 540. The van der Waals surface area contributed by atoms with Crippen LogP contribution in [0.1, 0.15) is 11.3 Å². The van der Waals surface area contributed by atoms with Crippen LogP contribution >= 0.6 is 11.3 Å². The lowest BCUT2D eigenvalue weighted by atomic mass is 10.2. The molecular weight excluding hydrogens is 234 g/mol. The Morgan fingerprint density at radius 2 is 2.18 bits per heavy atom. The summed E-state index contributed by atoms with van der Waals surface area (Å²) in [6, 6.07) is 8.76. The van der Waals surface area contributed by atoms with Crippen molar-refractivity contribution in [1.82, 2.24) is 4.98 Å². The second-order valence-corrected chi connectivity index (χ2v) is 4.11. The second-order valence-electron chi connectivity index (χ2n) is 3.39. The van der Waals surface area contributed by atoms with Crippen LogP contribution in [0, 0.1) is 11.3 Å². The van der Waals surface area contributed by atoms with Gasteiger partial charge in [0.05, 0.1) is 29.3 Å². The summed E-state index contributed by atoms with van der Waals surface area (Å²) in [6.07, 6.45) is 0.267. The molecule has 0 fully saturated rings. The van der Waals surface area contributed by atoms with E-state index in [1.807, 2.05) is 11.4 Å². The quantitative estimate of drug-likeness (QED) is 0.898.